The average molecular weight is 403 g/mol. The predicted molar refractivity (Wildman–Crippen MR) is 111 cm³/mol. The minimum atomic E-state index is -2.83. The van der Waals surface area contributed by atoms with Gasteiger partial charge in [-0.15, -0.1) is 0 Å². The van der Waals surface area contributed by atoms with Crippen LogP contribution in [-0.2, 0) is 6.42 Å². The van der Waals surface area contributed by atoms with E-state index in [-0.39, 0.29) is 11.8 Å². The van der Waals surface area contributed by atoms with Crippen LogP contribution in [0.15, 0.2) is 53.7 Å². The summed E-state index contributed by atoms with van der Waals surface area (Å²) in [6, 6.07) is 12.9. The minimum Gasteiger partial charge on any atom is -0.433 e. The molecule has 6 nitrogen and oxygen atoms in total. The Kier molecular flexibility index (Phi) is 7.61. The number of halogens is 2. The summed E-state index contributed by atoms with van der Waals surface area (Å²) in [5, 5.41) is 6.71. The number of anilines is 1. The molecule has 1 unspecified atom stereocenters. The average Bonchev–Trinajstić information content (AvgIpc) is 3.17. The van der Waals surface area contributed by atoms with Gasteiger partial charge < -0.3 is 20.3 Å². The number of rotatable bonds is 8. The molecule has 156 valence electrons. The van der Waals surface area contributed by atoms with Gasteiger partial charge >= 0.3 is 6.61 Å². The van der Waals surface area contributed by atoms with Crippen molar-refractivity contribution in [2.24, 2.45) is 4.99 Å². The third kappa shape index (κ3) is 6.30. The lowest BCUT2D eigenvalue weighted by Gasteiger charge is -2.22. The summed E-state index contributed by atoms with van der Waals surface area (Å²) in [4.78, 5) is 11.0. The third-order valence-electron chi connectivity index (χ3n) is 4.66. The van der Waals surface area contributed by atoms with Crippen molar-refractivity contribution in [2.75, 3.05) is 31.1 Å². The molecule has 0 bridgehead atoms. The third-order valence-corrected chi connectivity index (χ3v) is 4.66. The van der Waals surface area contributed by atoms with Gasteiger partial charge in [-0.1, -0.05) is 18.2 Å². The summed E-state index contributed by atoms with van der Waals surface area (Å²) in [7, 11) is 0. The minimum absolute atomic E-state index is 0.169. The molecule has 1 atom stereocenters. The summed E-state index contributed by atoms with van der Waals surface area (Å²) < 4.78 is 30.0. The number of benzene rings is 1. The van der Waals surface area contributed by atoms with Gasteiger partial charge in [-0.2, -0.15) is 8.78 Å². The van der Waals surface area contributed by atoms with E-state index in [2.05, 4.69) is 30.2 Å². The number of pyridine rings is 1. The van der Waals surface area contributed by atoms with Crippen molar-refractivity contribution in [2.45, 2.75) is 32.4 Å². The molecule has 1 saturated heterocycles. The Hall–Kier alpha value is -2.90. The van der Waals surface area contributed by atoms with Crippen LogP contribution in [0, 0.1) is 0 Å². The summed E-state index contributed by atoms with van der Waals surface area (Å²) in [5.41, 5.74) is 1.70. The van der Waals surface area contributed by atoms with Crippen LogP contribution in [0.4, 0.5) is 14.5 Å². The highest BCUT2D eigenvalue weighted by atomic mass is 19.3. The predicted octanol–water partition coefficient (Wildman–Crippen LogP) is 3.06. The molecule has 1 aromatic carbocycles. The first kappa shape index (κ1) is 20.8. The van der Waals surface area contributed by atoms with E-state index in [1.165, 1.54) is 0 Å². The first-order chi connectivity index (χ1) is 14.2. The number of hydrogen-bond donors (Lipinski definition) is 2. The van der Waals surface area contributed by atoms with E-state index < -0.39 is 6.61 Å². The number of para-hydroxylation sites is 2. The molecular formula is C21H27F2N5O. The lowest BCUT2D eigenvalue weighted by molar-refractivity contribution is -0.0495. The van der Waals surface area contributed by atoms with Gasteiger partial charge in [0.25, 0.3) is 0 Å². The monoisotopic (exact) mass is 403 g/mol. The smallest absolute Gasteiger partial charge is 0.387 e. The maximum atomic E-state index is 12.7. The Morgan fingerprint density at radius 1 is 1.28 bits per heavy atom. The molecule has 1 aromatic heterocycles. The standard InChI is InChI=1S/C21H27F2N5O/c1-2-24-21(26-13-10-16-7-5-6-12-25-16)27-17-11-14-28(15-17)18-8-3-4-9-19(18)29-20(22)23/h3-9,12,17,20H,2,10-11,13-15H2,1H3,(H2,24,26,27). The fraction of sp³-hybridized carbons (Fsp3) is 0.429. The fourth-order valence-electron chi connectivity index (χ4n) is 3.35. The zero-order chi connectivity index (χ0) is 20.5. The zero-order valence-corrected chi connectivity index (χ0v) is 16.5. The van der Waals surface area contributed by atoms with Crippen LogP contribution in [0.2, 0.25) is 0 Å². The molecular weight excluding hydrogens is 376 g/mol. The van der Waals surface area contributed by atoms with Gasteiger partial charge in [-0.25, -0.2) is 0 Å². The van der Waals surface area contributed by atoms with Crippen LogP contribution in [0.1, 0.15) is 19.0 Å². The van der Waals surface area contributed by atoms with Crippen LogP contribution in [0.25, 0.3) is 0 Å². The summed E-state index contributed by atoms with van der Waals surface area (Å²) in [6.07, 6.45) is 3.44. The van der Waals surface area contributed by atoms with E-state index in [1.807, 2.05) is 37.3 Å². The van der Waals surface area contributed by atoms with Gasteiger partial charge in [0, 0.05) is 50.5 Å². The SMILES string of the molecule is CCNC(=NCCc1ccccn1)NC1CCN(c2ccccc2OC(F)F)C1. The number of alkyl halides is 2. The largest absolute Gasteiger partial charge is 0.433 e. The molecule has 1 fully saturated rings. The molecule has 8 heteroatoms. The lowest BCUT2D eigenvalue weighted by atomic mass is 10.2. The number of aromatic nitrogens is 1. The Morgan fingerprint density at radius 3 is 2.86 bits per heavy atom. The molecule has 0 radical (unpaired) electrons. The molecule has 0 aliphatic carbocycles. The van der Waals surface area contributed by atoms with Gasteiger partial charge in [0.05, 0.1) is 5.69 Å². The first-order valence-corrected chi connectivity index (χ1v) is 9.89. The Balaban J connectivity index is 1.57. The number of guanidine groups is 1. The van der Waals surface area contributed by atoms with Crippen molar-refractivity contribution in [1.82, 2.24) is 15.6 Å². The highest BCUT2D eigenvalue weighted by Gasteiger charge is 2.26. The van der Waals surface area contributed by atoms with Gasteiger partial charge in [-0.3, -0.25) is 9.98 Å². The molecule has 0 saturated carbocycles. The molecule has 2 N–H and O–H groups in total. The molecule has 1 aliphatic rings. The van der Waals surface area contributed by atoms with Gasteiger partial charge in [0.15, 0.2) is 5.96 Å². The van der Waals surface area contributed by atoms with Gasteiger partial charge in [0.1, 0.15) is 5.75 Å². The second-order valence-corrected chi connectivity index (χ2v) is 6.75. The van der Waals surface area contributed by atoms with Crippen molar-refractivity contribution in [1.29, 1.82) is 0 Å². The van der Waals surface area contributed by atoms with Crippen molar-refractivity contribution >= 4 is 11.6 Å². The molecule has 1 aliphatic heterocycles. The van der Waals surface area contributed by atoms with Crippen LogP contribution in [0.3, 0.4) is 0 Å². The number of ether oxygens (including phenoxy) is 1. The summed E-state index contributed by atoms with van der Waals surface area (Å²) in [5.74, 6) is 0.964. The van der Waals surface area contributed by atoms with Crippen molar-refractivity contribution in [3.63, 3.8) is 0 Å². The number of aliphatic imine (C=N–C) groups is 1. The number of hydrogen-bond acceptors (Lipinski definition) is 4. The Bertz CT molecular complexity index is 788. The normalized spacial score (nSPS) is 16.9. The van der Waals surface area contributed by atoms with E-state index in [4.69, 9.17) is 0 Å². The molecule has 2 heterocycles. The second-order valence-electron chi connectivity index (χ2n) is 6.75. The van der Waals surface area contributed by atoms with Gasteiger partial charge in [-0.05, 0) is 37.6 Å². The van der Waals surface area contributed by atoms with E-state index in [0.717, 1.165) is 37.6 Å². The van der Waals surface area contributed by atoms with Crippen LogP contribution < -0.4 is 20.3 Å². The highest BCUT2D eigenvalue weighted by molar-refractivity contribution is 5.80. The Morgan fingerprint density at radius 2 is 2.10 bits per heavy atom. The first-order valence-electron chi connectivity index (χ1n) is 9.89. The van der Waals surface area contributed by atoms with Crippen LogP contribution >= 0.6 is 0 Å². The van der Waals surface area contributed by atoms with Crippen molar-refractivity contribution in [3.05, 3.63) is 54.4 Å². The molecule has 2 aromatic rings. The van der Waals surface area contributed by atoms with E-state index in [0.29, 0.717) is 18.8 Å². The molecule has 29 heavy (non-hydrogen) atoms. The second kappa shape index (κ2) is 10.6. The van der Waals surface area contributed by atoms with E-state index >= 15 is 0 Å². The Labute approximate surface area is 170 Å². The number of nitrogens with one attached hydrogen (secondary N) is 2. The molecule has 3 rings (SSSR count). The van der Waals surface area contributed by atoms with Crippen molar-refractivity contribution < 1.29 is 13.5 Å². The lowest BCUT2D eigenvalue weighted by Crippen LogP contribution is -2.44. The maximum absolute atomic E-state index is 12.7. The van der Waals surface area contributed by atoms with Gasteiger partial charge in [0.2, 0.25) is 0 Å². The summed E-state index contributed by atoms with van der Waals surface area (Å²) >= 11 is 0. The zero-order valence-electron chi connectivity index (χ0n) is 16.5. The fourth-order valence-corrected chi connectivity index (χ4v) is 3.35. The van der Waals surface area contributed by atoms with E-state index in [9.17, 15) is 8.78 Å². The van der Waals surface area contributed by atoms with E-state index in [1.54, 1.807) is 18.3 Å². The van der Waals surface area contributed by atoms with Crippen LogP contribution in [0.5, 0.6) is 5.75 Å². The maximum Gasteiger partial charge on any atom is 0.387 e. The quantitative estimate of drug-likeness (QED) is 0.524. The summed E-state index contributed by atoms with van der Waals surface area (Å²) in [6.45, 7) is 2.03. The van der Waals surface area contributed by atoms with Crippen LogP contribution in [-0.4, -0.2) is 49.8 Å². The van der Waals surface area contributed by atoms with Crippen molar-refractivity contribution in [3.8, 4) is 5.75 Å². The highest BCUT2D eigenvalue weighted by Crippen LogP contribution is 2.31. The topological polar surface area (TPSA) is 61.8 Å². The number of nitrogens with zero attached hydrogens (tertiary/aromatic N) is 3. The molecule has 0 amide bonds. The molecule has 0 spiro atoms.